The van der Waals surface area contributed by atoms with Crippen molar-refractivity contribution in [3.63, 3.8) is 0 Å². The maximum absolute atomic E-state index is 13.7. The highest BCUT2D eigenvalue weighted by atomic mass is 19.4. The van der Waals surface area contributed by atoms with Crippen LogP contribution in [-0.4, -0.2) is 84.3 Å². The zero-order valence-corrected chi connectivity index (χ0v) is 27.3. The van der Waals surface area contributed by atoms with E-state index in [1.165, 1.54) is 17.0 Å². The molecule has 3 N–H and O–H groups in total. The predicted octanol–water partition coefficient (Wildman–Crippen LogP) is 3.83. The van der Waals surface area contributed by atoms with E-state index in [-0.39, 0.29) is 24.1 Å². The minimum Gasteiger partial charge on any atom is -0.380 e. The van der Waals surface area contributed by atoms with Gasteiger partial charge >= 0.3 is 6.18 Å². The number of imide groups is 1. The van der Waals surface area contributed by atoms with Crippen LogP contribution in [0.3, 0.4) is 0 Å². The molecule has 0 saturated carbocycles. The van der Waals surface area contributed by atoms with Crippen LogP contribution in [0.25, 0.3) is 5.70 Å². The van der Waals surface area contributed by atoms with E-state index in [1.54, 1.807) is 12.1 Å². The molecule has 1 atom stereocenters. The molecule has 14 heteroatoms. The summed E-state index contributed by atoms with van der Waals surface area (Å²) in [7, 11) is 1.93. The molecule has 0 aromatic heterocycles. The van der Waals surface area contributed by atoms with E-state index in [4.69, 9.17) is 0 Å². The third kappa shape index (κ3) is 6.57. The van der Waals surface area contributed by atoms with Crippen molar-refractivity contribution in [3.05, 3.63) is 100 Å². The fourth-order valence-corrected chi connectivity index (χ4v) is 6.86. The van der Waals surface area contributed by atoms with Gasteiger partial charge in [0.15, 0.2) is 0 Å². The number of anilines is 2. The molecule has 260 valence electrons. The van der Waals surface area contributed by atoms with Gasteiger partial charge in [-0.05, 0) is 66.1 Å². The van der Waals surface area contributed by atoms with E-state index in [2.05, 4.69) is 20.9 Å². The number of piperidine rings is 1. The van der Waals surface area contributed by atoms with E-state index in [0.717, 1.165) is 40.3 Å². The number of halogens is 3. The summed E-state index contributed by atoms with van der Waals surface area (Å²) in [4.78, 5) is 58.4. The van der Waals surface area contributed by atoms with Crippen LogP contribution in [0.15, 0.2) is 66.9 Å². The predicted molar refractivity (Wildman–Crippen MR) is 180 cm³/mol. The largest absolute Gasteiger partial charge is 0.416 e. The lowest BCUT2D eigenvalue weighted by atomic mass is 10.0. The number of amides is 4. The van der Waals surface area contributed by atoms with Crippen LogP contribution in [0.4, 0.5) is 24.5 Å². The second kappa shape index (κ2) is 13.1. The summed E-state index contributed by atoms with van der Waals surface area (Å²) in [5.74, 6) is -1.09. The molecule has 11 nitrogen and oxygen atoms in total. The minimum atomic E-state index is -4.40. The van der Waals surface area contributed by atoms with Gasteiger partial charge in [0.2, 0.25) is 11.8 Å². The molecule has 7 rings (SSSR count). The van der Waals surface area contributed by atoms with Crippen molar-refractivity contribution in [1.29, 1.82) is 0 Å². The van der Waals surface area contributed by atoms with Crippen LogP contribution in [0, 0.1) is 0 Å². The topological polar surface area (TPSA) is 117 Å². The van der Waals surface area contributed by atoms with Crippen LogP contribution in [-0.2, 0) is 28.9 Å². The number of nitrogens with zero attached hydrogens (tertiary/aromatic N) is 4. The van der Waals surface area contributed by atoms with E-state index in [9.17, 15) is 32.3 Å². The summed E-state index contributed by atoms with van der Waals surface area (Å²) in [6.07, 6.45) is -1.94. The van der Waals surface area contributed by atoms with E-state index < -0.39 is 23.7 Å². The van der Waals surface area contributed by atoms with Gasteiger partial charge in [0.25, 0.3) is 11.8 Å². The second-order valence-corrected chi connectivity index (χ2v) is 13.0. The van der Waals surface area contributed by atoms with E-state index >= 15 is 0 Å². The number of carbonyl (C=O) groups excluding carboxylic acids is 4. The number of alkyl halides is 3. The number of nitrogens with one attached hydrogen (secondary N) is 3. The first-order valence-corrected chi connectivity index (χ1v) is 16.5. The van der Waals surface area contributed by atoms with Gasteiger partial charge in [-0.15, -0.1) is 0 Å². The number of piperazine rings is 1. The monoisotopic (exact) mass is 687 g/mol. The number of hydrogen-bond acceptors (Lipinski definition) is 8. The highest BCUT2D eigenvalue weighted by Crippen LogP contribution is 2.33. The molecule has 3 aromatic carbocycles. The molecule has 0 unspecified atom stereocenters. The Balaban J connectivity index is 1.01. The van der Waals surface area contributed by atoms with Crippen molar-refractivity contribution in [2.24, 2.45) is 0 Å². The Morgan fingerprint density at radius 1 is 0.940 bits per heavy atom. The highest BCUT2D eigenvalue weighted by Gasteiger charge is 2.39. The summed E-state index contributed by atoms with van der Waals surface area (Å²) in [6, 6.07) is 15.4. The average Bonchev–Trinajstić information content (AvgIpc) is 3.69. The molecule has 4 aliphatic rings. The van der Waals surface area contributed by atoms with Gasteiger partial charge in [0.05, 0.1) is 17.9 Å². The van der Waals surface area contributed by atoms with Gasteiger partial charge in [0.1, 0.15) is 6.04 Å². The fourth-order valence-electron chi connectivity index (χ4n) is 6.86. The zero-order chi connectivity index (χ0) is 35.2. The molecule has 2 saturated heterocycles. The Morgan fingerprint density at radius 2 is 1.70 bits per heavy atom. The van der Waals surface area contributed by atoms with Gasteiger partial charge in [-0.1, -0.05) is 12.1 Å². The Hall–Kier alpha value is -5.53. The fraction of sp³-hybridized carbons (Fsp3) is 0.333. The first-order valence-electron chi connectivity index (χ1n) is 16.5. The lowest BCUT2D eigenvalue weighted by Gasteiger charge is -2.36. The first-order chi connectivity index (χ1) is 23.9. The van der Waals surface area contributed by atoms with Crippen molar-refractivity contribution < 1.29 is 32.3 Å². The van der Waals surface area contributed by atoms with Gasteiger partial charge in [-0.3, -0.25) is 24.5 Å². The molecule has 0 aliphatic carbocycles. The molecular weight excluding hydrogens is 651 g/mol. The van der Waals surface area contributed by atoms with E-state index in [1.807, 2.05) is 47.3 Å². The van der Waals surface area contributed by atoms with Gasteiger partial charge in [0, 0.05) is 87.0 Å². The van der Waals surface area contributed by atoms with Crippen LogP contribution in [0.2, 0.25) is 0 Å². The molecule has 4 aliphatic heterocycles. The Kier molecular flexibility index (Phi) is 8.62. The molecule has 50 heavy (non-hydrogen) atoms. The average molecular weight is 688 g/mol. The summed E-state index contributed by atoms with van der Waals surface area (Å²) in [5, 5.41) is 8.99. The molecular formula is C36H36F3N7O4. The van der Waals surface area contributed by atoms with Gasteiger partial charge < -0.3 is 30.2 Å². The molecule has 0 bridgehead atoms. The van der Waals surface area contributed by atoms with Crippen molar-refractivity contribution >= 4 is 40.7 Å². The minimum absolute atomic E-state index is 0.105. The summed E-state index contributed by atoms with van der Waals surface area (Å²) in [6.45, 7) is 3.35. The standard InChI is InChI=1S/C36H36F3N7O4/c1-43-20-30(41-21-43)28-17-23(4-9-29(28)40-18-22-2-5-25(6-3-22)36(37,38)39)34(49)45-14-12-44(13-15-45)26-7-8-27-24(16-26)19-46(35(27)50)31-10-11-32(47)42-33(31)48/h2-9,16-17,20,31,40-41H,10-15,18-19,21H2,1H3,(H,42,47,48)/t31-/m0/s1. The lowest BCUT2D eigenvalue weighted by Crippen LogP contribution is -2.52. The number of rotatable bonds is 7. The van der Waals surface area contributed by atoms with Crippen molar-refractivity contribution in [3.8, 4) is 0 Å². The van der Waals surface area contributed by atoms with Crippen LogP contribution in [0.5, 0.6) is 0 Å². The van der Waals surface area contributed by atoms with Crippen molar-refractivity contribution in [1.82, 2.24) is 25.3 Å². The molecule has 3 aromatic rings. The van der Waals surface area contributed by atoms with Crippen molar-refractivity contribution in [2.45, 2.75) is 38.1 Å². The molecule has 2 fully saturated rings. The zero-order valence-electron chi connectivity index (χ0n) is 27.3. The third-order valence-electron chi connectivity index (χ3n) is 9.63. The Morgan fingerprint density at radius 3 is 2.38 bits per heavy atom. The maximum atomic E-state index is 13.7. The molecule has 4 amide bonds. The Labute approximate surface area is 286 Å². The van der Waals surface area contributed by atoms with Crippen LogP contribution in [0.1, 0.15) is 55.8 Å². The van der Waals surface area contributed by atoms with Crippen LogP contribution >= 0.6 is 0 Å². The third-order valence-corrected chi connectivity index (χ3v) is 9.63. The number of fused-ring (bicyclic) bond motifs is 1. The Bertz CT molecular complexity index is 1890. The smallest absolute Gasteiger partial charge is 0.380 e. The number of hydrogen-bond donors (Lipinski definition) is 3. The maximum Gasteiger partial charge on any atom is 0.416 e. The van der Waals surface area contributed by atoms with Crippen molar-refractivity contribution in [2.75, 3.05) is 50.1 Å². The number of benzene rings is 3. The van der Waals surface area contributed by atoms with Gasteiger partial charge in [-0.2, -0.15) is 13.2 Å². The lowest BCUT2D eigenvalue weighted by molar-refractivity contribution is -0.138. The van der Waals surface area contributed by atoms with E-state index in [0.29, 0.717) is 69.0 Å². The van der Waals surface area contributed by atoms with Crippen LogP contribution < -0.4 is 20.9 Å². The summed E-state index contributed by atoms with van der Waals surface area (Å²) < 4.78 is 39.0. The molecule has 0 spiro atoms. The quantitative estimate of drug-likeness (QED) is 0.321. The first kappa shape index (κ1) is 33.0. The second-order valence-electron chi connectivity index (χ2n) is 13.0. The normalized spacial score (nSPS) is 19.3. The SMILES string of the molecule is CN1C=C(c2cc(C(=O)N3CCN(c4ccc5c(c4)CN([C@H]4CCC(=O)NC4=O)C5=O)CC3)ccc2NCc2ccc(C(F)(F)F)cc2)NC1. The summed E-state index contributed by atoms with van der Waals surface area (Å²) in [5.41, 5.74) is 5.18. The molecule has 0 radical (unpaired) electrons. The highest BCUT2D eigenvalue weighted by molar-refractivity contribution is 6.05. The number of carbonyl (C=O) groups is 4. The molecule has 4 heterocycles. The van der Waals surface area contributed by atoms with Gasteiger partial charge in [-0.25, -0.2) is 0 Å². The summed E-state index contributed by atoms with van der Waals surface area (Å²) >= 11 is 0.